The predicted octanol–water partition coefficient (Wildman–Crippen LogP) is 5.63. The van der Waals surface area contributed by atoms with E-state index in [4.69, 9.17) is 9.72 Å². The van der Waals surface area contributed by atoms with Crippen molar-refractivity contribution in [1.29, 1.82) is 0 Å². The van der Waals surface area contributed by atoms with Crippen LogP contribution in [0, 0.1) is 20.8 Å². The number of carbonyl (C=O) groups is 3. The molecular formula is C29H24N2O5S. The van der Waals surface area contributed by atoms with Crippen LogP contribution in [-0.2, 0) is 14.3 Å². The first-order valence-corrected chi connectivity index (χ1v) is 12.5. The summed E-state index contributed by atoms with van der Waals surface area (Å²) in [6, 6.07) is 16.6. The number of esters is 1. The largest absolute Gasteiger partial charge is 0.507 e. The molecule has 1 N–H and O–H groups in total. The third kappa shape index (κ3) is 4.19. The van der Waals surface area contributed by atoms with Crippen molar-refractivity contribution in [3.05, 3.63) is 99.6 Å². The first-order valence-electron chi connectivity index (χ1n) is 11.6. The number of benzene rings is 3. The first kappa shape index (κ1) is 24.4. The number of ketones is 1. The molecule has 1 aliphatic rings. The van der Waals surface area contributed by atoms with E-state index in [2.05, 4.69) is 0 Å². The second kappa shape index (κ2) is 9.29. The molecule has 7 nitrogen and oxygen atoms in total. The standard InChI is InChI=1S/C29H24N2O5S/c1-15-5-7-19(8-6-15)25(32)22-24(18-9-11-20(12-10-18)28(35)36-4)31(27(34)26(22)33)29-30-23-17(3)13-16(2)14-21(23)37-29/h5-14,24,32H,1-4H3/b25-22+. The highest BCUT2D eigenvalue weighted by molar-refractivity contribution is 7.22. The fourth-order valence-corrected chi connectivity index (χ4v) is 5.76. The van der Waals surface area contributed by atoms with Crippen LogP contribution < -0.4 is 4.90 Å². The van der Waals surface area contributed by atoms with Crippen LogP contribution in [0.1, 0.15) is 44.2 Å². The Kier molecular flexibility index (Phi) is 6.13. The number of hydrogen-bond donors (Lipinski definition) is 1. The van der Waals surface area contributed by atoms with Crippen LogP contribution in [-0.4, -0.2) is 34.9 Å². The van der Waals surface area contributed by atoms with Gasteiger partial charge in [-0.05, 0) is 55.7 Å². The van der Waals surface area contributed by atoms with E-state index in [0.29, 0.717) is 21.8 Å². The lowest BCUT2D eigenvalue weighted by Crippen LogP contribution is -2.29. The molecule has 1 saturated heterocycles. The Morgan fingerprint density at radius 3 is 2.24 bits per heavy atom. The number of fused-ring (bicyclic) bond motifs is 1. The minimum Gasteiger partial charge on any atom is -0.507 e. The van der Waals surface area contributed by atoms with Gasteiger partial charge in [0, 0.05) is 5.56 Å². The number of aliphatic hydroxyl groups is 1. The number of ether oxygens (including phenoxy) is 1. The van der Waals surface area contributed by atoms with Crippen LogP contribution >= 0.6 is 11.3 Å². The summed E-state index contributed by atoms with van der Waals surface area (Å²) in [6.07, 6.45) is 0. The summed E-state index contributed by atoms with van der Waals surface area (Å²) in [4.78, 5) is 44.9. The van der Waals surface area contributed by atoms with E-state index >= 15 is 0 Å². The molecule has 1 unspecified atom stereocenters. The molecule has 0 radical (unpaired) electrons. The summed E-state index contributed by atoms with van der Waals surface area (Å²) in [5, 5.41) is 11.6. The van der Waals surface area contributed by atoms with Crippen molar-refractivity contribution < 1.29 is 24.2 Å². The summed E-state index contributed by atoms with van der Waals surface area (Å²) >= 11 is 1.31. The maximum Gasteiger partial charge on any atom is 0.337 e. The van der Waals surface area contributed by atoms with Gasteiger partial charge in [0.1, 0.15) is 5.76 Å². The summed E-state index contributed by atoms with van der Waals surface area (Å²) in [6.45, 7) is 5.86. The van der Waals surface area contributed by atoms with Crippen LogP contribution in [0.25, 0.3) is 16.0 Å². The van der Waals surface area contributed by atoms with Gasteiger partial charge in [0.15, 0.2) is 5.13 Å². The molecule has 0 aliphatic carbocycles. The molecule has 1 aliphatic heterocycles. The SMILES string of the molecule is COC(=O)c1ccc(C2/C(=C(\O)c3ccc(C)cc3)C(=O)C(=O)N2c2nc3c(C)cc(C)cc3s2)cc1. The lowest BCUT2D eigenvalue weighted by Gasteiger charge is -2.23. The van der Waals surface area contributed by atoms with Gasteiger partial charge in [0.2, 0.25) is 0 Å². The van der Waals surface area contributed by atoms with Crippen LogP contribution in [0.5, 0.6) is 0 Å². The zero-order valence-corrected chi connectivity index (χ0v) is 21.6. The number of methoxy groups -OCH3 is 1. The van der Waals surface area contributed by atoms with Gasteiger partial charge in [-0.15, -0.1) is 0 Å². The second-order valence-corrected chi connectivity index (χ2v) is 10.1. The van der Waals surface area contributed by atoms with Crippen LogP contribution in [0.3, 0.4) is 0 Å². The van der Waals surface area contributed by atoms with Gasteiger partial charge in [0.25, 0.3) is 5.78 Å². The quantitative estimate of drug-likeness (QED) is 0.165. The van der Waals surface area contributed by atoms with E-state index in [1.54, 1.807) is 36.4 Å². The van der Waals surface area contributed by atoms with Crippen molar-refractivity contribution in [1.82, 2.24) is 4.98 Å². The molecule has 2 heterocycles. The van der Waals surface area contributed by atoms with E-state index < -0.39 is 23.7 Å². The summed E-state index contributed by atoms with van der Waals surface area (Å²) in [5.41, 5.74) is 5.05. The van der Waals surface area contributed by atoms with E-state index in [0.717, 1.165) is 26.9 Å². The highest BCUT2D eigenvalue weighted by atomic mass is 32.1. The molecule has 0 saturated carbocycles. The Morgan fingerprint density at radius 2 is 1.59 bits per heavy atom. The Bertz CT molecular complexity index is 1600. The number of Topliss-reactive ketones (excluding diaryl/α,β-unsaturated/α-hetero) is 1. The molecule has 5 rings (SSSR count). The van der Waals surface area contributed by atoms with E-state index in [9.17, 15) is 19.5 Å². The maximum atomic E-state index is 13.5. The second-order valence-electron chi connectivity index (χ2n) is 9.07. The van der Waals surface area contributed by atoms with Crippen molar-refractivity contribution in [2.24, 2.45) is 0 Å². The van der Waals surface area contributed by atoms with Gasteiger partial charge in [-0.2, -0.15) is 0 Å². The number of hydrogen-bond acceptors (Lipinski definition) is 7. The number of carbonyl (C=O) groups excluding carboxylic acids is 3. The lowest BCUT2D eigenvalue weighted by molar-refractivity contribution is -0.132. The molecule has 1 amide bonds. The van der Waals surface area contributed by atoms with E-state index in [-0.39, 0.29) is 11.3 Å². The zero-order valence-electron chi connectivity index (χ0n) is 20.7. The highest BCUT2D eigenvalue weighted by Crippen LogP contribution is 2.44. The van der Waals surface area contributed by atoms with Gasteiger partial charge < -0.3 is 9.84 Å². The van der Waals surface area contributed by atoms with Crippen molar-refractivity contribution in [2.45, 2.75) is 26.8 Å². The number of aliphatic hydroxyl groups excluding tert-OH is 1. The molecule has 3 aromatic carbocycles. The van der Waals surface area contributed by atoms with Gasteiger partial charge in [0.05, 0.1) is 34.5 Å². The minimum atomic E-state index is -0.935. The topological polar surface area (TPSA) is 96.8 Å². The average molecular weight is 513 g/mol. The van der Waals surface area contributed by atoms with Crippen molar-refractivity contribution in [2.75, 3.05) is 12.0 Å². The number of aryl methyl sites for hydroxylation is 3. The third-order valence-electron chi connectivity index (χ3n) is 6.44. The van der Waals surface area contributed by atoms with Gasteiger partial charge in [-0.25, -0.2) is 9.78 Å². The summed E-state index contributed by atoms with van der Waals surface area (Å²) in [7, 11) is 1.30. The molecule has 1 aromatic heterocycles. The van der Waals surface area contributed by atoms with Crippen LogP contribution in [0.15, 0.2) is 66.2 Å². The molecule has 0 spiro atoms. The molecule has 37 heavy (non-hydrogen) atoms. The number of amides is 1. The number of thiazole rings is 1. The van der Waals surface area contributed by atoms with E-state index in [1.165, 1.54) is 23.3 Å². The molecule has 0 bridgehead atoms. The predicted molar refractivity (Wildman–Crippen MR) is 143 cm³/mol. The van der Waals surface area contributed by atoms with Gasteiger partial charge in [-0.3, -0.25) is 14.5 Å². The van der Waals surface area contributed by atoms with Crippen LogP contribution in [0.2, 0.25) is 0 Å². The highest BCUT2D eigenvalue weighted by Gasteiger charge is 2.48. The molecule has 1 fully saturated rings. The molecule has 4 aromatic rings. The summed E-state index contributed by atoms with van der Waals surface area (Å²) < 4.78 is 5.69. The third-order valence-corrected chi connectivity index (χ3v) is 7.44. The number of anilines is 1. The van der Waals surface area contributed by atoms with Crippen molar-refractivity contribution in [3.8, 4) is 0 Å². The van der Waals surface area contributed by atoms with Crippen molar-refractivity contribution in [3.63, 3.8) is 0 Å². The molecule has 1 atom stereocenters. The lowest BCUT2D eigenvalue weighted by atomic mass is 9.94. The first-order chi connectivity index (χ1) is 17.7. The number of aromatic nitrogens is 1. The average Bonchev–Trinajstić information content (AvgIpc) is 3.42. The van der Waals surface area contributed by atoms with Crippen molar-refractivity contribution >= 4 is 50.1 Å². The van der Waals surface area contributed by atoms with E-state index in [1.807, 2.05) is 45.0 Å². The monoisotopic (exact) mass is 512 g/mol. The number of rotatable bonds is 4. The molecule has 8 heteroatoms. The Balaban J connectivity index is 1.72. The fourth-order valence-electron chi connectivity index (χ4n) is 4.59. The van der Waals surface area contributed by atoms with Gasteiger partial charge in [-0.1, -0.05) is 59.4 Å². The normalized spacial score (nSPS) is 17.0. The Hall–Kier alpha value is -4.30. The fraction of sp³-hybridized carbons (Fsp3) is 0.172. The molecule has 186 valence electrons. The van der Waals surface area contributed by atoms with Crippen LogP contribution in [0.4, 0.5) is 5.13 Å². The minimum absolute atomic E-state index is 0.0353. The smallest absolute Gasteiger partial charge is 0.337 e. The number of nitrogens with zero attached hydrogens (tertiary/aromatic N) is 2. The van der Waals surface area contributed by atoms with Gasteiger partial charge >= 0.3 is 11.9 Å². The summed E-state index contributed by atoms with van der Waals surface area (Å²) in [5.74, 6) is -2.34. The Morgan fingerprint density at radius 1 is 0.946 bits per heavy atom. The maximum absolute atomic E-state index is 13.5. The molecular weight excluding hydrogens is 488 g/mol. The zero-order chi connectivity index (χ0) is 26.4. The Labute approximate surface area is 217 Å².